The fourth-order valence-electron chi connectivity index (χ4n) is 3.15. The van der Waals surface area contributed by atoms with Crippen molar-refractivity contribution in [1.82, 2.24) is 5.32 Å². The molecule has 1 aliphatic carbocycles. The Morgan fingerprint density at radius 1 is 0.880 bits per heavy atom. The van der Waals surface area contributed by atoms with Crippen LogP contribution in [0.15, 0.2) is 83.8 Å². The van der Waals surface area contributed by atoms with Crippen LogP contribution in [0.5, 0.6) is 0 Å². The van der Waals surface area contributed by atoms with E-state index in [1.165, 1.54) is 13.2 Å². The maximum atomic E-state index is 12.8. The number of carbonyl (C=O) groups excluding carboxylic acids is 2. The second kappa shape index (κ2) is 7.18. The lowest BCUT2D eigenvalue weighted by molar-refractivity contribution is -0.132. The van der Waals surface area contributed by atoms with E-state index in [-0.39, 0.29) is 5.92 Å². The Bertz CT molecular complexity index is 812. The molecule has 0 saturated carbocycles. The van der Waals surface area contributed by atoms with Crippen molar-refractivity contribution in [2.45, 2.75) is 5.92 Å². The number of hydrogen-bond acceptors (Lipinski definition) is 4. The molecule has 0 fully saturated rings. The summed E-state index contributed by atoms with van der Waals surface area (Å²) in [5.74, 6) is -1.07. The number of likely N-dealkylation sites (N-methyl/N-ethyl adjacent to an activating group) is 1. The van der Waals surface area contributed by atoms with E-state index in [1.807, 2.05) is 60.7 Å². The number of carbonyl (C=O) groups is 2. The first-order valence-corrected chi connectivity index (χ1v) is 8.04. The molecule has 4 heteroatoms. The largest absolute Gasteiger partial charge is 0.494 e. The van der Waals surface area contributed by atoms with Crippen molar-refractivity contribution in [2.75, 3.05) is 14.2 Å². The van der Waals surface area contributed by atoms with E-state index in [0.29, 0.717) is 17.0 Å². The molecule has 0 atom stereocenters. The molecule has 126 valence electrons. The van der Waals surface area contributed by atoms with Crippen molar-refractivity contribution >= 4 is 11.6 Å². The van der Waals surface area contributed by atoms with Crippen molar-refractivity contribution in [1.29, 1.82) is 0 Å². The lowest BCUT2D eigenvalue weighted by Crippen LogP contribution is -2.30. The minimum absolute atomic E-state index is 0.361. The molecule has 0 aliphatic heterocycles. The summed E-state index contributed by atoms with van der Waals surface area (Å²) in [4.78, 5) is 25.0. The van der Waals surface area contributed by atoms with Gasteiger partial charge in [-0.2, -0.15) is 0 Å². The highest BCUT2D eigenvalue weighted by molar-refractivity contribution is 6.49. The lowest BCUT2D eigenvalue weighted by Gasteiger charge is -2.26. The van der Waals surface area contributed by atoms with Crippen molar-refractivity contribution < 1.29 is 14.3 Å². The number of Topliss-reactive ketones (excluding diaryl/α,β-unsaturated/α-hetero) is 1. The van der Waals surface area contributed by atoms with Gasteiger partial charge in [-0.25, -0.2) is 0 Å². The highest BCUT2D eigenvalue weighted by Gasteiger charge is 2.35. The number of hydrogen-bond donors (Lipinski definition) is 1. The van der Waals surface area contributed by atoms with Crippen LogP contribution in [0.1, 0.15) is 17.0 Å². The zero-order valence-electron chi connectivity index (χ0n) is 14.2. The molecular weight excluding hydrogens is 314 g/mol. The zero-order chi connectivity index (χ0) is 17.8. The van der Waals surface area contributed by atoms with Crippen molar-refractivity contribution in [2.24, 2.45) is 0 Å². The van der Waals surface area contributed by atoms with Crippen LogP contribution in [0.4, 0.5) is 0 Å². The number of methoxy groups -OCH3 is 1. The first-order valence-electron chi connectivity index (χ1n) is 8.04. The molecule has 0 bridgehead atoms. The average molecular weight is 333 g/mol. The van der Waals surface area contributed by atoms with E-state index >= 15 is 0 Å². The maximum absolute atomic E-state index is 12.8. The monoisotopic (exact) mass is 333 g/mol. The summed E-state index contributed by atoms with van der Waals surface area (Å²) < 4.78 is 5.33. The molecule has 0 radical (unpaired) electrons. The van der Waals surface area contributed by atoms with Gasteiger partial charge in [-0.15, -0.1) is 0 Å². The third kappa shape index (κ3) is 3.11. The summed E-state index contributed by atoms with van der Waals surface area (Å²) >= 11 is 0. The van der Waals surface area contributed by atoms with E-state index in [1.54, 1.807) is 7.05 Å². The molecule has 0 saturated heterocycles. The van der Waals surface area contributed by atoms with Crippen molar-refractivity contribution in [3.8, 4) is 0 Å². The molecule has 2 aromatic carbocycles. The molecule has 0 heterocycles. The van der Waals surface area contributed by atoms with Crippen LogP contribution in [0, 0.1) is 0 Å². The maximum Gasteiger partial charge on any atom is 0.232 e. The van der Waals surface area contributed by atoms with Crippen molar-refractivity contribution in [3.05, 3.63) is 94.9 Å². The quantitative estimate of drug-likeness (QED) is 0.675. The minimum atomic E-state index is -0.567. The van der Waals surface area contributed by atoms with Crippen LogP contribution in [0.25, 0.3) is 0 Å². The predicted octanol–water partition coefficient (Wildman–Crippen LogP) is 2.97. The van der Waals surface area contributed by atoms with Crippen LogP contribution in [0.2, 0.25) is 0 Å². The predicted molar refractivity (Wildman–Crippen MR) is 95.9 cm³/mol. The molecule has 0 spiro atoms. The first kappa shape index (κ1) is 16.7. The number of nitrogens with one attached hydrogen (secondary N) is 1. The van der Waals surface area contributed by atoms with Gasteiger partial charge in [0.25, 0.3) is 0 Å². The Balaban J connectivity index is 2.28. The van der Waals surface area contributed by atoms with Gasteiger partial charge in [0.15, 0.2) is 0 Å². The van der Waals surface area contributed by atoms with E-state index in [4.69, 9.17) is 4.74 Å². The highest BCUT2D eigenvalue weighted by atomic mass is 16.5. The number of rotatable bonds is 5. The fourth-order valence-corrected chi connectivity index (χ4v) is 3.15. The summed E-state index contributed by atoms with van der Waals surface area (Å²) in [7, 11) is 3.21. The topological polar surface area (TPSA) is 55.4 Å². The van der Waals surface area contributed by atoms with Crippen LogP contribution in [-0.2, 0) is 14.3 Å². The third-order valence-corrected chi connectivity index (χ3v) is 4.27. The normalized spacial score (nSPS) is 14.6. The van der Waals surface area contributed by atoms with Gasteiger partial charge in [0, 0.05) is 24.6 Å². The molecule has 2 aromatic rings. The third-order valence-electron chi connectivity index (χ3n) is 4.27. The van der Waals surface area contributed by atoms with E-state index in [2.05, 4.69) is 5.32 Å². The standard InChI is InChI=1S/C21H19NO3/c1-22-20-17(25-2)13-16(23)21(24)19(20)18(14-9-5-3-6-10-14)15-11-7-4-8-12-15/h3-13,18,22H,1-2H3. The summed E-state index contributed by atoms with van der Waals surface area (Å²) in [5.41, 5.74) is 2.83. The molecular formula is C21H19NO3. The number of allylic oxidation sites excluding steroid dienone is 2. The van der Waals surface area contributed by atoms with Gasteiger partial charge >= 0.3 is 0 Å². The van der Waals surface area contributed by atoms with Gasteiger partial charge in [-0.3, -0.25) is 9.59 Å². The van der Waals surface area contributed by atoms with E-state index < -0.39 is 11.6 Å². The van der Waals surface area contributed by atoms with Crippen LogP contribution in [0.3, 0.4) is 0 Å². The Kier molecular flexibility index (Phi) is 4.80. The van der Waals surface area contributed by atoms with Gasteiger partial charge in [0.2, 0.25) is 11.6 Å². The number of ketones is 2. The average Bonchev–Trinajstić information content (AvgIpc) is 2.67. The van der Waals surface area contributed by atoms with Gasteiger partial charge in [0.1, 0.15) is 5.76 Å². The summed E-state index contributed by atoms with van der Waals surface area (Å²) in [6.07, 6.45) is 1.24. The minimum Gasteiger partial charge on any atom is -0.494 e. The van der Waals surface area contributed by atoms with Crippen LogP contribution in [-0.4, -0.2) is 25.7 Å². The molecule has 4 nitrogen and oxygen atoms in total. The van der Waals surface area contributed by atoms with Crippen LogP contribution < -0.4 is 5.32 Å². The molecule has 25 heavy (non-hydrogen) atoms. The Hall–Kier alpha value is -3.14. The van der Waals surface area contributed by atoms with Gasteiger partial charge in [-0.1, -0.05) is 60.7 Å². The number of benzene rings is 2. The second-order valence-corrected chi connectivity index (χ2v) is 5.70. The van der Waals surface area contributed by atoms with Crippen molar-refractivity contribution in [3.63, 3.8) is 0 Å². The summed E-state index contributed by atoms with van der Waals surface area (Å²) in [5, 5.41) is 3.04. The molecule has 1 N–H and O–H groups in total. The smallest absolute Gasteiger partial charge is 0.232 e. The number of ether oxygens (including phenoxy) is 1. The van der Waals surface area contributed by atoms with Crippen LogP contribution >= 0.6 is 0 Å². The molecule has 0 unspecified atom stereocenters. The summed E-state index contributed by atoms with van der Waals surface area (Å²) in [6, 6.07) is 19.4. The molecule has 0 aromatic heterocycles. The SMILES string of the molecule is CNC1=C(C(c2ccccc2)c2ccccc2)C(=O)C(=O)C=C1OC. The molecule has 3 rings (SSSR count). The van der Waals surface area contributed by atoms with E-state index in [9.17, 15) is 9.59 Å². The highest BCUT2D eigenvalue weighted by Crippen LogP contribution is 2.37. The Labute approximate surface area is 146 Å². The van der Waals surface area contributed by atoms with E-state index in [0.717, 1.165) is 11.1 Å². The first-order chi connectivity index (χ1) is 12.2. The zero-order valence-corrected chi connectivity index (χ0v) is 14.2. The molecule has 1 aliphatic rings. The van der Waals surface area contributed by atoms with Gasteiger partial charge in [-0.05, 0) is 11.1 Å². The molecule has 0 amide bonds. The van der Waals surface area contributed by atoms with Gasteiger partial charge < -0.3 is 10.1 Å². The Morgan fingerprint density at radius 2 is 1.40 bits per heavy atom. The Morgan fingerprint density at radius 3 is 1.84 bits per heavy atom. The summed E-state index contributed by atoms with van der Waals surface area (Å²) in [6.45, 7) is 0. The fraction of sp³-hybridized carbons (Fsp3) is 0.143. The second-order valence-electron chi connectivity index (χ2n) is 5.70. The van der Waals surface area contributed by atoms with Gasteiger partial charge in [0.05, 0.1) is 12.8 Å². The lowest BCUT2D eigenvalue weighted by atomic mass is 9.79.